The number of piperazine rings is 1. The molecule has 0 radical (unpaired) electrons. The second-order valence-corrected chi connectivity index (χ2v) is 6.33. The lowest BCUT2D eigenvalue weighted by Crippen LogP contribution is -2.52. The van der Waals surface area contributed by atoms with Crippen molar-refractivity contribution in [3.05, 3.63) is 34.1 Å². The van der Waals surface area contributed by atoms with Crippen LogP contribution in [0.3, 0.4) is 0 Å². The van der Waals surface area contributed by atoms with E-state index in [1.54, 1.807) is 26.3 Å². The Labute approximate surface area is 145 Å². The topological polar surface area (TPSA) is 40.1 Å². The monoisotopic (exact) mass is 386 g/mol. The molecule has 5 nitrogen and oxygen atoms in total. The van der Waals surface area contributed by atoms with Gasteiger partial charge in [0.05, 0.1) is 11.1 Å². The molecule has 1 aromatic rings. The third-order valence-corrected chi connectivity index (χ3v) is 4.51. The molecule has 0 saturated carbocycles. The largest absolute Gasteiger partial charge is 0.383 e. The maximum atomic E-state index is 13.6. The fourth-order valence-electron chi connectivity index (χ4n) is 2.61. The highest BCUT2D eigenvalue weighted by molar-refractivity contribution is 9.10. The SMILES string of the molecule is CN=C(NCCOC)N1CCN(Cc2ccc(Br)c(F)c2)CC1. The number of rotatable bonds is 5. The maximum absolute atomic E-state index is 13.6. The summed E-state index contributed by atoms with van der Waals surface area (Å²) in [6, 6.07) is 5.33. The molecule has 0 aromatic heterocycles. The maximum Gasteiger partial charge on any atom is 0.193 e. The summed E-state index contributed by atoms with van der Waals surface area (Å²) in [5.74, 6) is 0.709. The molecule has 0 aliphatic carbocycles. The second-order valence-electron chi connectivity index (χ2n) is 5.48. The number of hydrogen-bond acceptors (Lipinski definition) is 3. The van der Waals surface area contributed by atoms with E-state index in [4.69, 9.17) is 4.74 Å². The average molecular weight is 387 g/mol. The van der Waals surface area contributed by atoms with Crippen molar-refractivity contribution < 1.29 is 9.13 Å². The third-order valence-electron chi connectivity index (χ3n) is 3.86. The van der Waals surface area contributed by atoms with Crippen LogP contribution in [0.15, 0.2) is 27.7 Å². The van der Waals surface area contributed by atoms with Gasteiger partial charge in [-0.2, -0.15) is 0 Å². The van der Waals surface area contributed by atoms with E-state index in [2.05, 4.69) is 36.0 Å². The number of methoxy groups -OCH3 is 1. The smallest absolute Gasteiger partial charge is 0.193 e. The predicted molar refractivity (Wildman–Crippen MR) is 94.2 cm³/mol. The summed E-state index contributed by atoms with van der Waals surface area (Å²) in [5, 5.41) is 3.30. The van der Waals surface area contributed by atoms with E-state index < -0.39 is 0 Å². The molecule has 1 saturated heterocycles. The molecule has 23 heavy (non-hydrogen) atoms. The van der Waals surface area contributed by atoms with E-state index in [0.29, 0.717) is 11.1 Å². The van der Waals surface area contributed by atoms with Gasteiger partial charge in [-0.1, -0.05) is 6.07 Å². The Balaban J connectivity index is 1.82. The number of nitrogens with zero attached hydrogens (tertiary/aromatic N) is 3. The number of aliphatic imine (C=N–C) groups is 1. The molecule has 128 valence electrons. The Morgan fingerprint density at radius 1 is 1.35 bits per heavy atom. The van der Waals surface area contributed by atoms with Crippen molar-refractivity contribution in [3.8, 4) is 0 Å². The van der Waals surface area contributed by atoms with Gasteiger partial charge in [0.25, 0.3) is 0 Å². The normalized spacial score (nSPS) is 16.7. The molecule has 0 bridgehead atoms. The summed E-state index contributed by atoms with van der Waals surface area (Å²) in [5.41, 5.74) is 1.00. The van der Waals surface area contributed by atoms with Crippen molar-refractivity contribution in [1.29, 1.82) is 0 Å². The zero-order valence-electron chi connectivity index (χ0n) is 13.7. The van der Waals surface area contributed by atoms with Crippen LogP contribution >= 0.6 is 15.9 Å². The molecule has 1 aliphatic rings. The van der Waals surface area contributed by atoms with E-state index in [9.17, 15) is 4.39 Å². The highest BCUT2D eigenvalue weighted by Gasteiger charge is 2.19. The summed E-state index contributed by atoms with van der Waals surface area (Å²) >= 11 is 3.19. The summed E-state index contributed by atoms with van der Waals surface area (Å²) in [4.78, 5) is 8.90. The molecule has 1 N–H and O–H groups in total. The van der Waals surface area contributed by atoms with Crippen molar-refractivity contribution in [2.24, 2.45) is 4.99 Å². The minimum Gasteiger partial charge on any atom is -0.383 e. The molecule has 1 fully saturated rings. The second kappa shape index (κ2) is 9.20. The first kappa shape index (κ1) is 18.2. The molecule has 0 unspecified atom stereocenters. The lowest BCUT2D eigenvalue weighted by molar-refractivity contribution is 0.170. The van der Waals surface area contributed by atoms with Crippen LogP contribution in [0.5, 0.6) is 0 Å². The fraction of sp³-hybridized carbons (Fsp3) is 0.562. The first-order valence-electron chi connectivity index (χ1n) is 7.75. The van der Waals surface area contributed by atoms with Crippen LogP contribution < -0.4 is 5.32 Å². The number of nitrogens with one attached hydrogen (secondary N) is 1. The van der Waals surface area contributed by atoms with Crippen molar-refractivity contribution >= 4 is 21.9 Å². The lowest BCUT2D eigenvalue weighted by Gasteiger charge is -2.36. The van der Waals surface area contributed by atoms with Crippen molar-refractivity contribution in [2.75, 3.05) is 53.5 Å². The van der Waals surface area contributed by atoms with Gasteiger partial charge in [0.1, 0.15) is 5.82 Å². The Hall–Kier alpha value is -1.18. The highest BCUT2D eigenvalue weighted by Crippen LogP contribution is 2.18. The van der Waals surface area contributed by atoms with E-state index in [0.717, 1.165) is 50.8 Å². The standard InChI is InChI=1S/C16H24BrFN4O/c1-19-16(20-5-10-23-2)22-8-6-21(7-9-22)12-13-3-4-14(17)15(18)11-13/h3-4,11H,5-10,12H2,1-2H3,(H,19,20). The van der Waals surface area contributed by atoms with Crippen LogP contribution in [-0.4, -0.2) is 69.2 Å². The van der Waals surface area contributed by atoms with Crippen LogP contribution in [0.1, 0.15) is 5.56 Å². The van der Waals surface area contributed by atoms with Crippen molar-refractivity contribution in [3.63, 3.8) is 0 Å². The summed E-state index contributed by atoms with van der Waals surface area (Å²) in [6.45, 7) is 5.87. The van der Waals surface area contributed by atoms with Crippen molar-refractivity contribution in [2.45, 2.75) is 6.54 Å². The zero-order chi connectivity index (χ0) is 16.7. The van der Waals surface area contributed by atoms with Gasteiger partial charge < -0.3 is 15.0 Å². The minimum atomic E-state index is -0.205. The van der Waals surface area contributed by atoms with E-state index in [1.807, 2.05) is 6.07 Å². The third kappa shape index (κ3) is 5.44. The van der Waals surface area contributed by atoms with Crippen LogP contribution in [0.2, 0.25) is 0 Å². The summed E-state index contributed by atoms with van der Waals surface area (Å²) in [7, 11) is 3.49. The first-order chi connectivity index (χ1) is 11.1. The van der Waals surface area contributed by atoms with Crippen LogP contribution in [-0.2, 0) is 11.3 Å². The van der Waals surface area contributed by atoms with Crippen LogP contribution in [0.4, 0.5) is 4.39 Å². The molecule has 0 atom stereocenters. The minimum absolute atomic E-state index is 0.205. The number of hydrogen-bond donors (Lipinski definition) is 1. The first-order valence-corrected chi connectivity index (χ1v) is 8.54. The average Bonchev–Trinajstić information content (AvgIpc) is 2.56. The Morgan fingerprint density at radius 3 is 2.70 bits per heavy atom. The molecular formula is C16H24BrFN4O. The van der Waals surface area contributed by atoms with Crippen LogP contribution in [0, 0.1) is 5.82 Å². The number of halogens is 2. The Morgan fingerprint density at radius 2 is 2.09 bits per heavy atom. The highest BCUT2D eigenvalue weighted by atomic mass is 79.9. The molecule has 7 heteroatoms. The predicted octanol–water partition coefficient (Wildman–Crippen LogP) is 1.93. The summed E-state index contributed by atoms with van der Waals surface area (Å²) in [6.07, 6.45) is 0. The molecule has 0 amide bonds. The van der Waals surface area contributed by atoms with E-state index in [1.165, 1.54) is 0 Å². The van der Waals surface area contributed by atoms with Gasteiger partial charge in [-0.15, -0.1) is 0 Å². The Kier molecular flexibility index (Phi) is 7.26. The fourth-order valence-corrected chi connectivity index (χ4v) is 2.86. The van der Waals surface area contributed by atoms with Gasteiger partial charge in [0, 0.05) is 53.4 Å². The van der Waals surface area contributed by atoms with E-state index >= 15 is 0 Å². The molecule has 0 spiro atoms. The van der Waals surface area contributed by atoms with Crippen LogP contribution in [0.25, 0.3) is 0 Å². The molecule has 1 heterocycles. The number of ether oxygens (including phenoxy) is 1. The van der Waals surface area contributed by atoms with Gasteiger partial charge in [-0.3, -0.25) is 9.89 Å². The quantitative estimate of drug-likeness (QED) is 0.476. The lowest BCUT2D eigenvalue weighted by atomic mass is 10.2. The van der Waals surface area contributed by atoms with Gasteiger partial charge in [-0.05, 0) is 33.6 Å². The molecular weight excluding hydrogens is 363 g/mol. The van der Waals surface area contributed by atoms with Crippen molar-refractivity contribution in [1.82, 2.24) is 15.1 Å². The molecule has 1 aliphatic heterocycles. The summed E-state index contributed by atoms with van der Waals surface area (Å²) < 4.78 is 19.1. The van der Waals surface area contributed by atoms with Gasteiger partial charge >= 0.3 is 0 Å². The van der Waals surface area contributed by atoms with E-state index in [-0.39, 0.29) is 5.82 Å². The number of benzene rings is 1. The molecule has 2 rings (SSSR count). The van der Waals surface area contributed by atoms with Gasteiger partial charge in [-0.25, -0.2) is 4.39 Å². The number of guanidine groups is 1. The zero-order valence-corrected chi connectivity index (χ0v) is 15.3. The van der Waals surface area contributed by atoms with Gasteiger partial charge in [0.15, 0.2) is 5.96 Å². The van der Waals surface area contributed by atoms with Gasteiger partial charge in [0.2, 0.25) is 0 Å². The Bertz CT molecular complexity index is 533. The molecule has 1 aromatic carbocycles.